The van der Waals surface area contributed by atoms with Crippen LogP contribution in [0.25, 0.3) is 5.57 Å². The number of aryl methyl sites for hydroxylation is 1. The van der Waals surface area contributed by atoms with Crippen molar-refractivity contribution in [3.63, 3.8) is 0 Å². The van der Waals surface area contributed by atoms with Crippen LogP contribution in [0, 0.1) is 18.3 Å². The van der Waals surface area contributed by atoms with Crippen LogP contribution < -0.4 is 5.73 Å². The number of aliphatic hydroxyl groups is 1. The average Bonchev–Trinajstić information content (AvgIpc) is 2.66. The summed E-state index contributed by atoms with van der Waals surface area (Å²) >= 11 is 0. The van der Waals surface area contributed by atoms with Gasteiger partial charge in [0, 0.05) is 18.2 Å². The van der Waals surface area contributed by atoms with E-state index in [1.165, 1.54) is 27.8 Å². The first-order valence-electron chi connectivity index (χ1n) is 8.87. The zero-order valence-electron chi connectivity index (χ0n) is 17.2. The first-order valence-corrected chi connectivity index (χ1v) is 8.87. The second kappa shape index (κ2) is 9.21. The largest absolute Gasteiger partial charge is 0.400 e. The highest BCUT2D eigenvalue weighted by atomic mass is 16.2. The fraction of sp³-hybridized carbons (Fsp3) is 0.292. The third kappa shape index (κ3) is 4.87. The Hall–Kier alpha value is -2.83. The lowest BCUT2D eigenvalue weighted by Gasteiger charge is -2.36. The van der Waals surface area contributed by atoms with Gasteiger partial charge in [-0.1, -0.05) is 50.3 Å². The van der Waals surface area contributed by atoms with E-state index < -0.39 is 0 Å². The molecule has 3 N–H and O–H groups in total. The summed E-state index contributed by atoms with van der Waals surface area (Å²) in [7, 11) is 1.00. The zero-order valence-corrected chi connectivity index (χ0v) is 17.2. The maximum absolute atomic E-state index is 8.48. The predicted octanol–water partition coefficient (Wildman–Crippen LogP) is 5.38. The minimum Gasteiger partial charge on any atom is -0.400 e. The molecule has 0 radical (unpaired) electrons. The van der Waals surface area contributed by atoms with Gasteiger partial charge in [0.25, 0.3) is 0 Å². The fourth-order valence-electron chi connectivity index (χ4n) is 3.27. The molecule has 0 unspecified atom stereocenters. The summed E-state index contributed by atoms with van der Waals surface area (Å²) in [5.41, 5.74) is 14.6. The first kappa shape index (κ1) is 22.2. The summed E-state index contributed by atoms with van der Waals surface area (Å²) in [4.78, 5) is 0. The average molecular weight is 363 g/mol. The number of aliphatic hydroxyl groups excluding tert-OH is 1. The second-order valence-corrected chi connectivity index (χ2v) is 7.14. The third-order valence-electron chi connectivity index (χ3n) is 5.11. The number of allylic oxidation sites excluding steroid dienone is 3. The highest BCUT2D eigenvalue weighted by Crippen LogP contribution is 2.44. The van der Waals surface area contributed by atoms with Gasteiger partial charge >= 0.3 is 0 Å². The molecule has 3 nitrogen and oxygen atoms in total. The fourth-order valence-corrected chi connectivity index (χ4v) is 3.27. The van der Waals surface area contributed by atoms with Gasteiger partial charge in [-0.15, -0.1) is 0 Å². The van der Waals surface area contributed by atoms with E-state index in [1.807, 2.05) is 19.1 Å². The Labute approximate surface area is 163 Å². The van der Waals surface area contributed by atoms with Crippen molar-refractivity contribution in [2.75, 3.05) is 12.8 Å². The van der Waals surface area contributed by atoms with E-state index in [-0.39, 0.29) is 5.41 Å². The summed E-state index contributed by atoms with van der Waals surface area (Å²) in [6.45, 7) is 15.1. The first-order chi connectivity index (χ1) is 12.7. The van der Waals surface area contributed by atoms with E-state index >= 15 is 0 Å². The van der Waals surface area contributed by atoms with Crippen molar-refractivity contribution in [1.82, 2.24) is 0 Å². The Morgan fingerprint density at radius 1 is 1.04 bits per heavy atom. The normalized spacial score (nSPS) is 14.1. The predicted molar refractivity (Wildman–Crippen MR) is 115 cm³/mol. The van der Waals surface area contributed by atoms with Gasteiger partial charge in [0.15, 0.2) is 0 Å². The Bertz CT molecular complexity index is 879. The zero-order chi connectivity index (χ0) is 20.8. The van der Waals surface area contributed by atoms with Crippen LogP contribution in [-0.4, -0.2) is 12.2 Å². The Balaban J connectivity index is 0.000000265. The molecule has 142 valence electrons. The number of hydrogen-bond donors (Lipinski definition) is 2. The molecule has 1 aliphatic carbocycles. The van der Waals surface area contributed by atoms with E-state index in [9.17, 15) is 0 Å². The molecule has 0 saturated carbocycles. The maximum Gasteiger partial charge on any atom is 0.0992 e. The van der Waals surface area contributed by atoms with Crippen LogP contribution in [-0.2, 0) is 5.41 Å². The second-order valence-electron chi connectivity index (χ2n) is 7.14. The van der Waals surface area contributed by atoms with Gasteiger partial charge in [-0.05, 0) is 66.8 Å². The third-order valence-corrected chi connectivity index (χ3v) is 5.11. The number of benzene rings is 2. The molecule has 0 fully saturated rings. The van der Waals surface area contributed by atoms with Crippen molar-refractivity contribution in [2.45, 2.75) is 40.0 Å². The highest BCUT2D eigenvalue weighted by Gasteiger charge is 2.31. The van der Waals surface area contributed by atoms with Crippen molar-refractivity contribution in [3.05, 3.63) is 82.4 Å². The Morgan fingerprint density at radius 2 is 1.63 bits per heavy atom. The quantitative estimate of drug-likeness (QED) is 0.618. The lowest BCUT2D eigenvalue weighted by Crippen LogP contribution is -2.25. The molecule has 2 aromatic rings. The van der Waals surface area contributed by atoms with Crippen LogP contribution in [0.2, 0.25) is 0 Å². The number of nitrogens with zero attached hydrogens (tertiary/aromatic N) is 1. The van der Waals surface area contributed by atoms with Gasteiger partial charge in [0.1, 0.15) is 0 Å². The number of nitrogen functional groups attached to an aromatic ring is 1. The van der Waals surface area contributed by atoms with Crippen LogP contribution in [0.5, 0.6) is 0 Å². The van der Waals surface area contributed by atoms with Crippen LogP contribution in [0.15, 0.2) is 60.2 Å². The highest BCUT2D eigenvalue weighted by molar-refractivity contribution is 5.83. The van der Waals surface area contributed by atoms with E-state index in [2.05, 4.69) is 58.5 Å². The number of nitriles is 1. The molecule has 0 bridgehead atoms. The molecule has 0 spiro atoms. The molecule has 27 heavy (non-hydrogen) atoms. The summed E-state index contributed by atoms with van der Waals surface area (Å²) < 4.78 is 0. The standard InChI is InChI=1S/C15H18.C8H8N2.CH4O/c1-10-11(2)13-8-6-7-9-14(13)15(4,5)12(10)3;1-6-2-7(5-9)4-8(10)3-6;1-2/h6-9H,2H2,1,3-5H3;2-4H,10H2,1H3;2H,1H3. The number of nitrogens with two attached hydrogens (primary N) is 1. The van der Waals surface area contributed by atoms with E-state index in [0.29, 0.717) is 11.3 Å². The number of anilines is 1. The molecule has 3 rings (SSSR count). The van der Waals surface area contributed by atoms with Gasteiger partial charge in [-0.2, -0.15) is 5.26 Å². The summed E-state index contributed by atoms with van der Waals surface area (Å²) in [5, 5.41) is 15.5. The molecule has 0 aliphatic heterocycles. The molecule has 0 amide bonds. The molecule has 0 saturated heterocycles. The van der Waals surface area contributed by atoms with Gasteiger partial charge in [0.05, 0.1) is 11.6 Å². The molecule has 2 aromatic carbocycles. The minimum absolute atomic E-state index is 0.141. The van der Waals surface area contributed by atoms with Crippen LogP contribution in [0.1, 0.15) is 49.9 Å². The van der Waals surface area contributed by atoms with E-state index in [1.54, 1.807) is 12.1 Å². The molecular weight excluding hydrogens is 332 g/mol. The Morgan fingerprint density at radius 3 is 2.19 bits per heavy atom. The van der Waals surface area contributed by atoms with Crippen LogP contribution in [0.3, 0.4) is 0 Å². The molecule has 0 aromatic heterocycles. The van der Waals surface area contributed by atoms with Gasteiger partial charge in [0.2, 0.25) is 0 Å². The van der Waals surface area contributed by atoms with Gasteiger partial charge in [-0.3, -0.25) is 0 Å². The Kier molecular flexibility index (Phi) is 7.57. The summed E-state index contributed by atoms with van der Waals surface area (Å²) in [6.07, 6.45) is 0. The van der Waals surface area contributed by atoms with Crippen molar-refractivity contribution in [1.29, 1.82) is 5.26 Å². The lowest BCUT2D eigenvalue weighted by atomic mass is 9.68. The minimum atomic E-state index is 0.141. The lowest BCUT2D eigenvalue weighted by molar-refractivity contribution is 0.399. The molecular formula is C24H30N2O. The molecule has 0 heterocycles. The molecule has 1 aliphatic rings. The van der Waals surface area contributed by atoms with Crippen molar-refractivity contribution < 1.29 is 5.11 Å². The number of fused-ring (bicyclic) bond motifs is 1. The topological polar surface area (TPSA) is 70.0 Å². The maximum atomic E-state index is 8.48. The number of hydrogen-bond acceptors (Lipinski definition) is 3. The van der Waals surface area contributed by atoms with Crippen LogP contribution in [0.4, 0.5) is 5.69 Å². The van der Waals surface area contributed by atoms with Gasteiger partial charge in [-0.25, -0.2) is 0 Å². The van der Waals surface area contributed by atoms with Crippen molar-refractivity contribution >= 4 is 11.3 Å². The smallest absolute Gasteiger partial charge is 0.0992 e. The monoisotopic (exact) mass is 362 g/mol. The number of rotatable bonds is 0. The van der Waals surface area contributed by atoms with Crippen molar-refractivity contribution in [3.8, 4) is 6.07 Å². The van der Waals surface area contributed by atoms with E-state index in [0.717, 1.165) is 12.7 Å². The molecule has 0 atom stereocenters. The SMILES string of the molecule is C=C1C(C)=C(C)C(C)(C)c2ccccc21.CO.Cc1cc(N)cc(C#N)c1. The summed E-state index contributed by atoms with van der Waals surface area (Å²) in [5.74, 6) is 0. The van der Waals surface area contributed by atoms with Crippen molar-refractivity contribution in [2.24, 2.45) is 0 Å². The molecule has 3 heteroatoms. The van der Waals surface area contributed by atoms with E-state index in [4.69, 9.17) is 16.1 Å². The summed E-state index contributed by atoms with van der Waals surface area (Å²) in [6, 6.07) is 15.9. The van der Waals surface area contributed by atoms with Crippen LogP contribution >= 0.6 is 0 Å². The van der Waals surface area contributed by atoms with Gasteiger partial charge < -0.3 is 10.8 Å².